The molecule has 0 heterocycles. The fourth-order valence-corrected chi connectivity index (χ4v) is 1.25. The molecule has 0 aromatic carbocycles. The van der Waals surface area contributed by atoms with E-state index in [2.05, 4.69) is 0 Å². The van der Waals surface area contributed by atoms with Crippen molar-refractivity contribution in [2.75, 3.05) is 6.61 Å². The molecule has 0 unspecified atom stereocenters. The van der Waals surface area contributed by atoms with Crippen molar-refractivity contribution in [2.45, 2.75) is 6.92 Å². The number of rotatable bonds is 2. The number of hydrogen-bond donors (Lipinski definition) is 0. The Labute approximate surface area is 82.5 Å². The van der Waals surface area contributed by atoms with Gasteiger partial charge in [0, 0.05) is 0 Å². The van der Waals surface area contributed by atoms with Crippen molar-refractivity contribution in [1.29, 1.82) is 0 Å². The second kappa shape index (κ2) is 3.48. The molecule has 0 radical (unpaired) electrons. The van der Waals surface area contributed by atoms with E-state index >= 15 is 0 Å². The molecule has 2 aliphatic rings. The molecule has 0 N–H and O–H groups in total. The van der Waals surface area contributed by atoms with Gasteiger partial charge in [-0.25, -0.2) is 0 Å². The highest BCUT2D eigenvalue weighted by molar-refractivity contribution is 5.69. The molecule has 0 aromatic heterocycles. The fraction of sp³-hybridized carbons (Fsp3) is 0.167. The van der Waals surface area contributed by atoms with Crippen LogP contribution in [-0.2, 0) is 0 Å². The molecule has 0 bridgehead atoms. The van der Waals surface area contributed by atoms with Crippen LogP contribution < -0.4 is 4.74 Å². The summed E-state index contributed by atoms with van der Waals surface area (Å²) in [6.07, 6.45) is 0. The molecule has 0 saturated heterocycles. The van der Waals surface area contributed by atoms with Crippen molar-refractivity contribution in [3.8, 4) is 16.9 Å². The summed E-state index contributed by atoms with van der Waals surface area (Å²) in [6, 6.07) is 7.07. The maximum Gasteiger partial charge on any atom is 0.120 e. The largest absolute Gasteiger partial charge is 0.494 e. The Morgan fingerprint density at radius 1 is 1.23 bits per heavy atom. The van der Waals surface area contributed by atoms with Crippen molar-refractivity contribution in [1.82, 2.24) is 0 Å². The zero-order valence-corrected chi connectivity index (χ0v) is 7.42. The average molecular weight is 175 g/mol. The van der Waals surface area contributed by atoms with Gasteiger partial charge < -0.3 is 4.74 Å². The van der Waals surface area contributed by atoms with Crippen molar-refractivity contribution >= 4 is 0 Å². The standard InChI is InChI=1S/C12H12O/c1-2-13-12-8-10-6-4-3-5-7-11(10)9-12/h3-9H,2H2,1H3/i3D,6D,7D. The topological polar surface area (TPSA) is 9.23 Å². The average Bonchev–Trinajstić information content (AvgIpc) is 2.58. The molecule has 0 saturated carbocycles. The summed E-state index contributed by atoms with van der Waals surface area (Å²) in [6.45, 7) is 2.45. The lowest BCUT2D eigenvalue weighted by Gasteiger charge is -1.95. The van der Waals surface area contributed by atoms with Gasteiger partial charge in [-0.1, -0.05) is 30.3 Å². The van der Waals surface area contributed by atoms with Crippen molar-refractivity contribution in [3.05, 3.63) is 42.4 Å². The van der Waals surface area contributed by atoms with Crippen LogP contribution in [0.15, 0.2) is 42.4 Å². The highest BCUT2D eigenvalue weighted by Gasteiger charge is 2.03. The SMILES string of the molecule is [2H]c1cc([2H])c2cc(OCC)cc-2c([2H])c1. The van der Waals surface area contributed by atoms with Crippen molar-refractivity contribution in [3.63, 3.8) is 0 Å². The van der Waals surface area contributed by atoms with Crippen LogP contribution in [-0.4, -0.2) is 6.61 Å². The van der Waals surface area contributed by atoms with E-state index in [9.17, 15) is 0 Å². The fourth-order valence-electron chi connectivity index (χ4n) is 1.25. The minimum absolute atomic E-state index is 0.184. The van der Waals surface area contributed by atoms with Gasteiger partial charge in [0.05, 0.1) is 10.7 Å². The third-order valence-corrected chi connectivity index (χ3v) is 1.80. The van der Waals surface area contributed by atoms with E-state index in [-0.39, 0.29) is 18.1 Å². The van der Waals surface area contributed by atoms with Crippen molar-refractivity contribution < 1.29 is 8.85 Å². The predicted octanol–water partition coefficient (Wildman–Crippen LogP) is 3.19. The van der Waals surface area contributed by atoms with Crippen LogP contribution in [0.1, 0.15) is 11.0 Å². The molecule has 0 spiro atoms. The zero-order valence-electron chi connectivity index (χ0n) is 10.4. The molecule has 0 amide bonds. The first-order chi connectivity index (χ1) is 7.61. The van der Waals surface area contributed by atoms with Gasteiger partial charge in [-0.3, -0.25) is 0 Å². The van der Waals surface area contributed by atoms with Gasteiger partial charge in [-0.15, -0.1) is 0 Å². The first-order valence-electron chi connectivity index (χ1n) is 5.76. The van der Waals surface area contributed by atoms with Crippen LogP contribution in [0.4, 0.5) is 0 Å². The molecule has 1 nitrogen and oxygen atoms in total. The Morgan fingerprint density at radius 2 is 1.85 bits per heavy atom. The minimum atomic E-state index is 0.184. The third-order valence-electron chi connectivity index (χ3n) is 1.80. The van der Waals surface area contributed by atoms with E-state index in [1.54, 1.807) is 12.1 Å². The van der Waals surface area contributed by atoms with Gasteiger partial charge in [0.15, 0.2) is 0 Å². The quantitative estimate of drug-likeness (QED) is 0.681. The van der Waals surface area contributed by atoms with E-state index < -0.39 is 0 Å². The highest BCUT2D eigenvalue weighted by atomic mass is 16.5. The Kier molecular flexibility index (Phi) is 1.41. The van der Waals surface area contributed by atoms with Gasteiger partial charge >= 0.3 is 0 Å². The first kappa shape index (κ1) is 5.28. The van der Waals surface area contributed by atoms with Crippen molar-refractivity contribution in [2.24, 2.45) is 0 Å². The van der Waals surface area contributed by atoms with Crippen LogP contribution in [0, 0.1) is 0 Å². The normalized spacial score (nSPS) is 13.5. The molecule has 0 aliphatic heterocycles. The molecule has 2 aliphatic carbocycles. The van der Waals surface area contributed by atoms with E-state index in [1.165, 1.54) is 12.1 Å². The number of ether oxygens (including phenoxy) is 1. The number of fused-ring (bicyclic) bond motifs is 1. The molecule has 0 aromatic rings. The summed E-state index contributed by atoms with van der Waals surface area (Å²) in [5, 5.41) is 0. The van der Waals surface area contributed by atoms with Crippen LogP contribution in [0.3, 0.4) is 0 Å². The van der Waals surface area contributed by atoms with Gasteiger partial charge in [0.2, 0.25) is 0 Å². The summed E-state index contributed by atoms with van der Waals surface area (Å²) in [7, 11) is 0. The zero-order chi connectivity index (χ0) is 11.7. The van der Waals surface area contributed by atoms with E-state index in [0.717, 1.165) is 0 Å². The summed E-state index contributed by atoms with van der Waals surface area (Å²) in [5.74, 6) is 0.678. The molecule has 66 valence electrons. The molecule has 13 heavy (non-hydrogen) atoms. The van der Waals surface area contributed by atoms with Crippen LogP contribution in [0.25, 0.3) is 11.1 Å². The summed E-state index contributed by atoms with van der Waals surface area (Å²) < 4.78 is 28.5. The Bertz CT molecular complexity index is 457. The lowest BCUT2D eigenvalue weighted by molar-refractivity contribution is 0.341. The molecule has 0 fully saturated rings. The van der Waals surface area contributed by atoms with E-state index in [4.69, 9.17) is 8.85 Å². The second-order valence-electron chi connectivity index (χ2n) is 2.70. The molecular formula is C12H12O. The van der Waals surface area contributed by atoms with Gasteiger partial charge in [0.1, 0.15) is 5.75 Å². The number of hydrogen-bond acceptors (Lipinski definition) is 1. The summed E-state index contributed by atoms with van der Waals surface area (Å²) in [4.78, 5) is 0. The van der Waals surface area contributed by atoms with Gasteiger partial charge in [-0.2, -0.15) is 0 Å². The maximum absolute atomic E-state index is 7.81. The molecular weight excluding hydrogens is 160 g/mol. The predicted molar refractivity (Wildman–Crippen MR) is 54.2 cm³/mol. The first-order valence-corrected chi connectivity index (χ1v) is 4.26. The highest BCUT2D eigenvalue weighted by Crippen LogP contribution is 2.29. The smallest absolute Gasteiger partial charge is 0.120 e. The summed E-state index contributed by atoms with van der Waals surface area (Å²) >= 11 is 0. The monoisotopic (exact) mass is 175 g/mol. The second-order valence-corrected chi connectivity index (χ2v) is 2.70. The summed E-state index contributed by atoms with van der Waals surface area (Å²) in [5.41, 5.74) is 1.32. The lowest BCUT2D eigenvalue weighted by Crippen LogP contribution is -1.87. The van der Waals surface area contributed by atoms with E-state index in [0.29, 0.717) is 23.5 Å². The molecule has 2 rings (SSSR count). The Hall–Kier alpha value is -1.50. The van der Waals surface area contributed by atoms with Gasteiger partial charge in [-0.05, 0) is 30.2 Å². The van der Waals surface area contributed by atoms with Gasteiger partial charge in [0.25, 0.3) is 0 Å². The lowest BCUT2D eigenvalue weighted by atomic mass is 10.2. The third kappa shape index (κ3) is 1.64. The van der Waals surface area contributed by atoms with Crippen LogP contribution >= 0.6 is 0 Å². The van der Waals surface area contributed by atoms with Crippen LogP contribution in [0.2, 0.25) is 0 Å². The maximum atomic E-state index is 7.81. The Balaban J connectivity index is 2.66. The van der Waals surface area contributed by atoms with Crippen LogP contribution in [0.5, 0.6) is 5.75 Å². The van der Waals surface area contributed by atoms with E-state index in [1.807, 2.05) is 6.92 Å². The molecule has 0 atom stereocenters. The minimum Gasteiger partial charge on any atom is -0.494 e. The Morgan fingerprint density at radius 3 is 2.38 bits per heavy atom. The molecule has 1 heteroatoms.